The molecule has 0 aliphatic heterocycles. The van der Waals surface area contributed by atoms with Crippen molar-refractivity contribution in [3.63, 3.8) is 0 Å². The highest BCUT2D eigenvalue weighted by molar-refractivity contribution is 7.33. The Morgan fingerprint density at radius 3 is 1.30 bits per heavy atom. The molecular weight excluding hydrogens is 315 g/mol. The summed E-state index contributed by atoms with van der Waals surface area (Å²) in [6, 6.07) is 14.4. The van der Waals surface area contributed by atoms with Crippen LogP contribution < -0.4 is 0 Å². The molecule has 0 atom stereocenters. The first-order valence-electron chi connectivity index (χ1n) is 7.02. The van der Waals surface area contributed by atoms with Crippen LogP contribution in [0.1, 0.15) is 25.0 Å². The molecule has 0 unspecified atom stereocenters. The van der Waals surface area contributed by atoms with Gasteiger partial charge in [-0.3, -0.25) is 4.57 Å². The average molecular weight is 338 g/mol. The number of rotatable bonds is 4. The van der Waals surface area contributed by atoms with Gasteiger partial charge < -0.3 is 19.3 Å². The molecule has 0 heterocycles. The molecule has 0 radical (unpaired) electrons. The quantitative estimate of drug-likeness (QED) is 0.821. The molecular formula is C17H23O5P. The monoisotopic (exact) mass is 338 g/mol. The molecule has 0 saturated heterocycles. The highest BCUT2D eigenvalue weighted by Gasteiger charge is 2.22. The molecule has 6 heteroatoms. The lowest BCUT2D eigenvalue weighted by Crippen LogP contribution is -2.18. The van der Waals surface area contributed by atoms with Gasteiger partial charge in [0, 0.05) is 19.6 Å². The SMILES string of the molecule is CC(C)(c1ccc(O)cc1)c1ccc(O)cc1.CO[PH](=O)OC. The van der Waals surface area contributed by atoms with Crippen molar-refractivity contribution in [1.82, 2.24) is 0 Å². The number of hydrogen-bond acceptors (Lipinski definition) is 5. The lowest BCUT2D eigenvalue weighted by molar-refractivity contribution is 0.302. The van der Waals surface area contributed by atoms with E-state index in [0.717, 1.165) is 11.1 Å². The molecule has 0 amide bonds. The van der Waals surface area contributed by atoms with Gasteiger partial charge in [0.2, 0.25) is 0 Å². The van der Waals surface area contributed by atoms with Crippen molar-refractivity contribution in [2.75, 3.05) is 14.2 Å². The average Bonchev–Trinajstić information content (AvgIpc) is 2.55. The summed E-state index contributed by atoms with van der Waals surface area (Å²) in [6.45, 7) is 4.23. The summed E-state index contributed by atoms with van der Waals surface area (Å²) in [5, 5.41) is 18.6. The van der Waals surface area contributed by atoms with Crippen molar-refractivity contribution in [3.05, 3.63) is 59.7 Å². The van der Waals surface area contributed by atoms with E-state index in [-0.39, 0.29) is 16.9 Å². The Hall–Kier alpha value is -1.81. The second-order valence-electron chi connectivity index (χ2n) is 5.38. The van der Waals surface area contributed by atoms with E-state index in [1.54, 1.807) is 24.3 Å². The van der Waals surface area contributed by atoms with E-state index >= 15 is 0 Å². The van der Waals surface area contributed by atoms with Crippen LogP contribution in [0.15, 0.2) is 48.5 Å². The Labute approximate surface area is 137 Å². The van der Waals surface area contributed by atoms with Gasteiger partial charge in [0.25, 0.3) is 0 Å². The van der Waals surface area contributed by atoms with Crippen LogP contribution in [-0.4, -0.2) is 24.4 Å². The maximum absolute atomic E-state index is 9.92. The van der Waals surface area contributed by atoms with Crippen molar-refractivity contribution in [2.45, 2.75) is 19.3 Å². The number of phenolic OH excluding ortho intramolecular Hbond substituents is 2. The maximum atomic E-state index is 9.92. The first kappa shape index (κ1) is 19.2. The summed E-state index contributed by atoms with van der Waals surface area (Å²) in [7, 11) is 0.558. The summed E-state index contributed by atoms with van der Waals surface area (Å²) in [5.41, 5.74) is 2.10. The molecule has 0 bridgehead atoms. The molecule has 0 aromatic heterocycles. The Kier molecular flexibility index (Phi) is 7.30. The van der Waals surface area contributed by atoms with Crippen molar-refractivity contribution < 1.29 is 23.8 Å². The normalized spacial score (nSPS) is 11.0. The highest BCUT2D eigenvalue weighted by Crippen LogP contribution is 2.32. The van der Waals surface area contributed by atoms with E-state index in [0.29, 0.717) is 0 Å². The minimum Gasteiger partial charge on any atom is -0.508 e. The fourth-order valence-electron chi connectivity index (χ4n) is 2.01. The molecule has 0 spiro atoms. The third kappa shape index (κ3) is 5.71. The third-order valence-corrected chi connectivity index (χ3v) is 4.18. The van der Waals surface area contributed by atoms with Crippen LogP contribution in [0.3, 0.4) is 0 Å². The third-order valence-electron chi connectivity index (χ3n) is 3.51. The zero-order chi connectivity index (χ0) is 17.5. The van der Waals surface area contributed by atoms with Gasteiger partial charge in [-0.25, -0.2) is 0 Å². The van der Waals surface area contributed by atoms with Crippen molar-refractivity contribution >= 4 is 8.25 Å². The van der Waals surface area contributed by atoms with Crippen molar-refractivity contribution in [1.29, 1.82) is 0 Å². The standard InChI is InChI=1S/C15H16O2.C2H7O3P/c1-15(2,11-3-7-13(16)8-4-11)12-5-9-14(17)10-6-12;1-4-6(3)5-2/h3-10,16-17H,1-2H3;6H,1-2H3. The van der Waals surface area contributed by atoms with Crippen LogP contribution in [-0.2, 0) is 19.0 Å². The first-order valence-corrected chi connectivity index (χ1v) is 8.24. The summed E-state index contributed by atoms with van der Waals surface area (Å²) < 4.78 is 18.4. The number of hydrogen-bond donors (Lipinski definition) is 2. The summed E-state index contributed by atoms with van der Waals surface area (Å²) in [6.07, 6.45) is 0. The lowest BCUT2D eigenvalue weighted by Gasteiger charge is -2.26. The Morgan fingerprint density at radius 1 is 0.783 bits per heavy atom. The van der Waals surface area contributed by atoms with E-state index in [1.807, 2.05) is 24.3 Å². The molecule has 2 aromatic rings. The second-order valence-corrected chi connectivity index (χ2v) is 6.69. The molecule has 2 aromatic carbocycles. The van der Waals surface area contributed by atoms with Crippen LogP contribution in [0, 0.1) is 0 Å². The van der Waals surface area contributed by atoms with Gasteiger partial charge >= 0.3 is 8.25 Å². The van der Waals surface area contributed by atoms with Gasteiger partial charge in [0.15, 0.2) is 0 Å². The van der Waals surface area contributed by atoms with E-state index in [2.05, 4.69) is 22.9 Å². The molecule has 0 fully saturated rings. The lowest BCUT2D eigenvalue weighted by atomic mass is 9.78. The fraction of sp³-hybridized carbons (Fsp3) is 0.294. The summed E-state index contributed by atoms with van der Waals surface area (Å²) >= 11 is 0. The van der Waals surface area contributed by atoms with Crippen LogP contribution in [0.4, 0.5) is 0 Å². The van der Waals surface area contributed by atoms with E-state index in [9.17, 15) is 14.8 Å². The molecule has 0 aliphatic rings. The largest absolute Gasteiger partial charge is 0.508 e. The predicted molar refractivity (Wildman–Crippen MR) is 91.4 cm³/mol. The Bertz CT molecular complexity index is 567. The van der Waals surface area contributed by atoms with Crippen LogP contribution in [0.25, 0.3) is 0 Å². The molecule has 2 rings (SSSR count). The first-order chi connectivity index (χ1) is 10.8. The van der Waals surface area contributed by atoms with Crippen LogP contribution in [0.2, 0.25) is 0 Å². The van der Waals surface area contributed by atoms with Crippen molar-refractivity contribution in [2.24, 2.45) is 0 Å². The molecule has 0 aliphatic carbocycles. The number of benzene rings is 2. The summed E-state index contributed by atoms with van der Waals surface area (Å²) in [4.78, 5) is 0. The zero-order valence-electron chi connectivity index (χ0n) is 13.7. The van der Waals surface area contributed by atoms with Gasteiger partial charge in [-0.05, 0) is 35.4 Å². The topological polar surface area (TPSA) is 76.0 Å². The number of aromatic hydroxyl groups is 2. The smallest absolute Gasteiger partial charge is 0.318 e. The van der Waals surface area contributed by atoms with Gasteiger partial charge in [-0.15, -0.1) is 0 Å². The van der Waals surface area contributed by atoms with Crippen LogP contribution in [0.5, 0.6) is 11.5 Å². The van der Waals surface area contributed by atoms with Crippen LogP contribution >= 0.6 is 8.25 Å². The fourth-order valence-corrected chi connectivity index (χ4v) is 2.17. The van der Waals surface area contributed by atoms with E-state index in [4.69, 9.17) is 0 Å². The highest BCUT2D eigenvalue weighted by atomic mass is 31.1. The van der Waals surface area contributed by atoms with Gasteiger partial charge in [-0.1, -0.05) is 38.1 Å². The van der Waals surface area contributed by atoms with Crippen molar-refractivity contribution in [3.8, 4) is 11.5 Å². The van der Waals surface area contributed by atoms with Gasteiger partial charge in [0.1, 0.15) is 11.5 Å². The minimum absolute atomic E-state index is 0.151. The summed E-state index contributed by atoms with van der Waals surface area (Å²) in [5.74, 6) is 0.547. The number of phenols is 2. The minimum atomic E-state index is -2.12. The Morgan fingerprint density at radius 2 is 1.09 bits per heavy atom. The van der Waals surface area contributed by atoms with E-state index < -0.39 is 8.25 Å². The Balaban J connectivity index is 0.000000379. The predicted octanol–water partition coefficient (Wildman–Crippen LogP) is 4.09. The zero-order valence-corrected chi connectivity index (χ0v) is 14.7. The van der Waals surface area contributed by atoms with Gasteiger partial charge in [-0.2, -0.15) is 0 Å². The molecule has 5 nitrogen and oxygen atoms in total. The molecule has 23 heavy (non-hydrogen) atoms. The maximum Gasteiger partial charge on any atom is 0.318 e. The molecule has 0 saturated carbocycles. The van der Waals surface area contributed by atoms with E-state index in [1.165, 1.54) is 14.2 Å². The second kappa shape index (κ2) is 8.73. The molecule has 126 valence electrons. The van der Waals surface area contributed by atoms with Gasteiger partial charge in [0.05, 0.1) is 0 Å². The molecule has 2 N–H and O–H groups in total.